The van der Waals surface area contributed by atoms with Gasteiger partial charge in [-0.25, -0.2) is 9.18 Å². The summed E-state index contributed by atoms with van der Waals surface area (Å²) in [5, 5.41) is 14.1. The fourth-order valence-electron chi connectivity index (χ4n) is 2.38. The first-order valence-electron chi connectivity index (χ1n) is 7.67. The van der Waals surface area contributed by atoms with Gasteiger partial charge < -0.3 is 10.4 Å². The van der Waals surface area contributed by atoms with Crippen LogP contribution in [-0.4, -0.2) is 33.1 Å². The van der Waals surface area contributed by atoms with Crippen molar-refractivity contribution in [3.63, 3.8) is 0 Å². The van der Waals surface area contributed by atoms with Crippen molar-refractivity contribution in [2.24, 2.45) is 7.05 Å². The lowest BCUT2D eigenvalue weighted by Gasteiger charge is -2.19. The first kappa shape index (κ1) is 23.8. The molecule has 0 saturated carbocycles. The molecule has 3 N–H and O–H groups in total. The molecule has 0 bridgehead atoms. The molecule has 31 heavy (non-hydrogen) atoms. The lowest BCUT2D eigenvalue weighted by molar-refractivity contribution is -0.292. The highest BCUT2D eigenvalue weighted by Crippen LogP contribution is 2.49. The standard InChI is InChI=1S/C15H9F9N4O3/c1-28-10(7(14(19,20)21)9(27-28)13(17,18)15(22,23)24)26-11(29)5-3-2-4-6(8(5)16)25-12(30)31/h2-4,25H,1H3,(H,26,29)(H,30,31). The third-order valence-corrected chi connectivity index (χ3v) is 3.70. The fourth-order valence-corrected chi connectivity index (χ4v) is 2.38. The Balaban J connectivity index is 2.59. The molecule has 0 unspecified atom stereocenters. The number of nitrogens with zero attached hydrogens (tertiary/aromatic N) is 2. The van der Waals surface area contributed by atoms with E-state index in [1.165, 1.54) is 5.32 Å². The summed E-state index contributed by atoms with van der Waals surface area (Å²) in [6, 6.07) is 2.49. The van der Waals surface area contributed by atoms with Gasteiger partial charge in [0.1, 0.15) is 11.4 Å². The average Bonchev–Trinajstić information content (AvgIpc) is 2.92. The van der Waals surface area contributed by atoms with Gasteiger partial charge in [0.15, 0.2) is 11.5 Å². The van der Waals surface area contributed by atoms with Gasteiger partial charge >= 0.3 is 24.4 Å². The molecule has 0 aliphatic rings. The summed E-state index contributed by atoms with van der Waals surface area (Å²) < 4.78 is 119. The Morgan fingerprint density at radius 3 is 2.10 bits per heavy atom. The van der Waals surface area contributed by atoms with E-state index in [2.05, 4.69) is 5.10 Å². The molecule has 16 heteroatoms. The number of alkyl halides is 8. The van der Waals surface area contributed by atoms with Crippen LogP contribution in [0.3, 0.4) is 0 Å². The highest BCUT2D eigenvalue weighted by atomic mass is 19.4. The number of benzene rings is 1. The molecule has 0 fully saturated rings. The molecule has 2 rings (SSSR count). The van der Waals surface area contributed by atoms with E-state index in [0.717, 1.165) is 12.1 Å². The number of hydrogen-bond acceptors (Lipinski definition) is 3. The van der Waals surface area contributed by atoms with Crippen molar-refractivity contribution in [1.29, 1.82) is 0 Å². The first-order chi connectivity index (χ1) is 14.0. The van der Waals surface area contributed by atoms with Crippen molar-refractivity contribution in [2.45, 2.75) is 18.3 Å². The summed E-state index contributed by atoms with van der Waals surface area (Å²) in [4.78, 5) is 22.8. The van der Waals surface area contributed by atoms with Crippen LogP contribution in [0.1, 0.15) is 21.6 Å². The summed E-state index contributed by atoms with van der Waals surface area (Å²) in [7, 11) is 0.541. The third kappa shape index (κ3) is 4.51. The summed E-state index contributed by atoms with van der Waals surface area (Å²) in [5.41, 5.74) is -7.12. The number of rotatable bonds is 4. The van der Waals surface area contributed by atoms with Crippen molar-refractivity contribution in [1.82, 2.24) is 9.78 Å². The molecular weight excluding hydrogens is 455 g/mol. The minimum atomic E-state index is -6.44. The number of aromatic nitrogens is 2. The van der Waals surface area contributed by atoms with Crippen molar-refractivity contribution in [2.75, 3.05) is 10.6 Å². The number of hydrogen-bond donors (Lipinski definition) is 3. The normalized spacial score (nSPS) is 12.6. The van der Waals surface area contributed by atoms with Gasteiger partial charge in [0, 0.05) is 7.05 Å². The Morgan fingerprint density at radius 1 is 1.03 bits per heavy atom. The van der Waals surface area contributed by atoms with Crippen molar-refractivity contribution in [3.05, 3.63) is 40.8 Å². The van der Waals surface area contributed by atoms with Gasteiger partial charge in [0.25, 0.3) is 5.91 Å². The molecule has 0 saturated heterocycles. The molecule has 170 valence electrons. The summed E-state index contributed by atoms with van der Waals surface area (Å²) in [6.45, 7) is 0. The van der Waals surface area contributed by atoms with Gasteiger partial charge in [-0.05, 0) is 12.1 Å². The largest absolute Gasteiger partial charge is 0.465 e. The summed E-state index contributed by atoms with van der Waals surface area (Å²) in [6.07, 6.45) is -14.0. The zero-order valence-electron chi connectivity index (χ0n) is 14.8. The Morgan fingerprint density at radius 2 is 1.61 bits per heavy atom. The first-order valence-corrected chi connectivity index (χ1v) is 7.67. The summed E-state index contributed by atoms with van der Waals surface area (Å²) in [5.74, 6) is -10.9. The van der Waals surface area contributed by atoms with Crippen LogP contribution in [0, 0.1) is 5.82 Å². The Hall–Kier alpha value is -3.46. The monoisotopic (exact) mass is 464 g/mol. The lowest BCUT2D eigenvalue weighted by Crippen LogP contribution is -2.36. The molecule has 0 aliphatic carbocycles. The van der Waals surface area contributed by atoms with Crippen LogP contribution in [0.5, 0.6) is 0 Å². The van der Waals surface area contributed by atoms with Gasteiger partial charge in [0.2, 0.25) is 0 Å². The number of amides is 2. The molecule has 1 aromatic heterocycles. The summed E-state index contributed by atoms with van der Waals surface area (Å²) >= 11 is 0. The van der Waals surface area contributed by atoms with E-state index in [-0.39, 0.29) is 4.68 Å². The number of carbonyl (C=O) groups is 2. The van der Waals surface area contributed by atoms with Crippen molar-refractivity contribution < 1.29 is 54.2 Å². The van der Waals surface area contributed by atoms with Crippen LogP contribution in [-0.2, 0) is 19.1 Å². The topological polar surface area (TPSA) is 96.3 Å². The van der Waals surface area contributed by atoms with Crippen LogP contribution in [0.2, 0.25) is 0 Å². The molecule has 0 aliphatic heterocycles. The van der Waals surface area contributed by atoms with Crippen LogP contribution < -0.4 is 10.6 Å². The molecule has 1 aromatic carbocycles. The second-order valence-corrected chi connectivity index (χ2v) is 5.82. The molecule has 2 aromatic rings. The zero-order chi connectivity index (χ0) is 23.9. The maximum atomic E-state index is 14.3. The number of anilines is 2. The number of aryl methyl sites for hydroxylation is 1. The zero-order valence-corrected chi connectivity index (χ0v) is 14.8. The molecule has 7 nitrogen and oxygen atoms in total. The van der Waals surface area contributed by atoms with Crippen molar-refractivity contribution in [3.8, 4) is 0 Å². The molecule has 1 heterocycles. The highest BCUT2D eigenvalue weighted by molar-refractivity contribution is 6.05. The maximum Gasteiger partial charge on any atom is 0.459 e. The lowest BCUT2D eigenvalue weighted by atomic mass is 10.1. The van der Waals surface area contributed by atoms with E-state index in [0.29, 0.717) is 13.1 Å². The smallest absolute Gasteiger partial charge is 0.459 e. The average molecular weight is 464 g/mol. The van der Waals surface area contributed by atoms with E-state index in [1.54, 1.807) is 5.32 Å². The Kier molecular flexibility index (Phi) is 5.88. The van der Waals surface area contributed by atoms with E-state index in [1.807, 2.05) is 0 Å². The van der Waals surface area contributed by atoms with Crippen molar-refractivity contribution >= 4 is 23.5 Å². The Labute approximate surface area is 165 Å². The van der Waals surface area contributed by atoms with Gasteiger partial charge in [-0.2, -0.15) is 40.2 Å². The van der Waals surface area contributed by atoms with E-state index in [9.17, 15) is 49.1 Å². The van der Waals surface area contributed by atoms with Crippen LogP contribution in [0.25, 0.3) is 0 Å². The second-order valence-electron chi connectivity index (χ2n) is 5.82. The van der Waals surface area contributed by atoms with Crippen LogP contribution >= 0.6 is 0 Å². The molecule has 0 radical (unpaired) electrons. The highest BCUT2D eigenvalue weighted by Gasteiger charge is 2.64. The van der Waals surface area contributed by atoms with Crippen LogP contribution in [0.4, 0.5) is 55.8 Å². The van der Waals surface area contributed by atoms with Gasteiger partial charge in [-0.15, -0.1) is 0 Å². The molecule has 0 atom stereocenters. The van der Waals surface area contributed by atoms with E-state index >= 15 is 0 Å². The second kappa shape index (κ2) is 7.66. The molecular formula is C15H9F9N4O3. The number of carbonyl (C=O) groups excluding carboxylic acids is 1. The number of carboxylic acid groups (broad SMARTS) is 1. The fraction of sp³-hybridized carbons (Fsp3) is 0.267. The minimum Gasteiger partial charge on any atom is -0.465 e. The van der Waals surface area contributed by atoms with Crippen LogP contribution in [0.15, 0.2) is 18.2 Å². The van der Waals surface area contributed by atoms with Gasteiger partial charge in [-0.1, -0.05) is 6.07 Å². The van der Waals surface area contributed by atoms with E-state index < -0.39 is 64.4 Å². The van der Waals surface area contributed by atoms with Gasteiger partial charge in [-0.3, -0.25) is 14.8 Å². The minimum absolute atomic E-state index is 0.0903. The Bertz CT molecular complexity index is 1030. The maximum absolute atomic E-state index is 14.3. The number of nitrogens with one attached hydrogen (secondary N) is 2. The molecule has 2 amide bonds. The SMILES string of the molecule is Cn1nc(C(F)(F)C(F)(F)F)c(C(F)(F)F)c1NC(=O)c1cccc(NC(=O)O)c1F. The predicted molar refractivity (Wildman–Crippen MR) is 84.2 cm³/mol. The quantitative estimate of drug-likeness (QED) is 0.578. The third-order valence-electron chi connectivity index (χ3n) is 3.70. The predicted octanol–water partition coefficient (Wildman–Crippen LogP) is 4.57. The van der Waals surface area contributed by atoms with E-state index in [4.69, 9.17) is 5.11 Å². The number of halogens is 9. The van der Waals surface area contributed by atoms with Gasteiger partial charge in [0.05, 0.1) is 11.3 Å². The molecule has 0 spiro atoms.